The fourth-order valence-electron chi connectivity index (χ4n) is 4.97. The lowest BCUT2D eigenvalue weighted by atomic mass is 9.93. The number of benzene rings is 1. The van der Waals surface area contributed by atoms with E-state index in [4.69, 9.17) is 14.2 Å². The summed E-state index contributed by atoms with van der Waals surface area (Å²) in [5, 5.41) is 11.6. The smallest absolute Gasteiger partial charge is 0.355 e. The summed E-state index contributed by atoms with van der Waals surface area (Å²) in [4.78, 5) is 47.7. The fourth-order valence-corrected chi connectivity index (χ4v) is 4.97. The van der Waals surface area contributed by atoms with Crippen molar-refractivity contribution in [1.82, 2.24) is 19.4 Å². The first kappa shape index (κ1) is 27.5. The summed E-state index contributed by atoms with van der Waals surface area (Å²) in [7, 11) is 3.01. The molecule has 1 saturated heterocycles. The molecule has 11 heteroatoms. The van der Waals surface area contributed by atoms with Gasteiger partial charge in [0.05, 0.1) is 38.8 Å². The van der Waals surface area contributed by atoms with E-state index < -0.39 is 23.7 Å². The number of ketones is 1. The van der Waals surface area contributed by atoms with Crippen molar-refractivity contribution < 1.29 is 33.7 Å². The first-order valence-corrected chi connectivity index (χ1v) is 12.6. The zero-order chi connectivity index (χ0) is 28.3. The molecular formula is C28H32N4O7. The number of likely N-dealkylation sites (tertiary alicyclic amines) is 1. The van der Waals surface area contributed by atoms with Crippen LogP contribution in [0.5, 0.6) is 11.5 Å². The van der Waals surface area contributed by atoms with E-state index in [1.165, 1.54) is 19.1 Å². The molecule has 0 aliphatic carbocycles. The van der Waals surface area contributed by atoms with Gasteiger partial charge in [0.25, 0.3) is 11.7 Å². The van der Waals surface area contributed by atoms with E-state index in [1.807, 2.05) is 10.8 Å². The number of nitrogens with zero attached hydrogens (tertiary/aromatic N) is 3. The first-order valence-electron chi connectivity index (χ1n) is 12.6. The Balaban J connectivity index is 1.83. The van der Waals surface area contributed by atoms with Crippen LogP contribution in [0.3, 0.4) is 0 Å². The third-order valence-corrected chi connectivity index (χ3v) is 6.79. The average molecular weight is 537 g/mol. The lowest BCUT2D eigenvalue weighted by Gasteiger charge is -2.26. The maximum Gasteiger partial charge on any atom is 0.355 e. The lowest BCUT2D eigenvalue weighted by Crippen LogP contribution is -2.31. The normalized spacial score (nSPS) is 16.5. The Hall–Kier alpha value is -4.54. The molecule has 0 spiro atoms. The Labute approximate surface area is 226 Å². The largest absolute Gasteiger partial charge is 0.507 e. The highest BCUT2D eigenvalue weighted by atomic mass is 16.5. The van der Waals surface area contributed by atoms with Crippen LogP contribution in [-0.4, -0.2) is 69.6 Å². The number of carbonyl (C=O) groups excluding carboxylic acids is 3. The number of ether oxygens (including phenoxy) is 3. The number of hydrogen-bond acceptors (Lipinski definition) is 8. The molecule has 4 rings (SSSR count). The standard InChI is InChI=1S/C28H32N4O7/c1-6-39-28(36)23-16(2)21(17(3)30-23)25(33)22-24(18-8-9-19(37-4)20(14-18)38-5)32(27(35)26(22)34)12-7-11-31-13-10-29-15-31/h8-10,13-15,24,30,33H,6-7,11-12H2,1-5H3/b25-22+. The highest BCUT2D eigenvalue weighted by molar-refractivity contribution is 6.46. The van der Waals surface area contributed by atoms with Gasteiger partial charge in [-0.3, -0.25) is 9.59 Å². The van der Waals surface area contributed by atoms with Gasteiger partial charge in [-0.25, -0.2) is 9.78 Å². The van der Waals surface area contributed by atoms with Crippen LogP contribution in [0.2, 0.25) is 0 Å². The fraction of sp³-hybridized carbons (Fsp3) is 0.357. The van der Waals surface area contributed by atoms with E-state index in [0.717, 1.165) is 0 Å². The minimum absolute atomic E-state index is 0.0736. The van der Waals surface area contributed by atoms with Crippen LogP contribution >= 0.6 is 0 Å². The molecule has 2 aromatic heterocycles. The van der Waals surface area contributed by atoms with Gasteiger partial charge in [-0.1, -0.05) is 6.07 Å². The molecule has 0 radical (unpaired) electrons. The highest BCUT2D eigenvalue weighted by Crippen LogP contribution is 2.43. The zero-order valence-corrected chi connectivity index (χ0v) is 22.6. The number of rotatable bonds is 10. The molecule has 0 bridgehead atoms. The number of Topliss-reactive ketones (excluding diaryl/α,β-unsaturated/α-hetero) is 1. The van der Waals surface area contributed by atoms with Crippen molar-refractivity contribution in [2.45, 2.75) is 39.8 Å². The Morgan fingerprint density at radius 1 is 1.13 bits per heavy atom. The maximum absolute atomic E-state index is 13.5. The summed E-state index contributed by atoms with van der Waals surface area (Å²) in [6, 6.07) is 4.21. The molecule has 3 heterocycles. The van der Waals surface area contributed by atoms with Gasteiger partial charge >= 0.3 is 5.97 Å². The second-order valence-corrected chi connectivity index (χ2v) is 9.11. The molecule has 1 aliphatic heterocycles. The van der Waals surface area contributed by atoms with Gasteiger partial charge in [0, 0.05) is 36.7 Å². The van der Waals surface area contributed by atoms with Crippen LogP contribution < -0.4 is 9.47 Å². The third kappa shape index (κ3) is 5.12. The molecule has 11 nitrogen and oxygen atoms in total. The number of H-pyrrole nitrogens is 1. The van der Waals surface area contributed by atoms with Gasteiger partial charge in [0.1, 0.15) is 11.5 Å². The van der Waals surface area contributed by atoms with Crippen molar-refractivity contribution in [2.75, 3.05) is 27.4 Å². The number of amides is 1. The summed E-state index contributed by atoms with van der Waals surface area (Å²) in [6.45, 7) is 6.04. The Morgan fingerprint density at radius 3 is 2.51 bits per heavy atom. The van der Waals surface area contributed by atoms with Crippen molar-refractivity contribution in [3.8, 4) is 11.5 Å². The minimum Gasteiger partial charge on any atom is -0.507 e. The Bertz CT molecular complexity index is 1420. The van der Waals surface area contributed by atoms with E-state index in [1.54, 1.807) is 51.5 Å². The van der Waals surface area contributed by atoms with Crippen molar-refractivity contribution in [1.29, 1.82) is 0 Å². The number of imidazole rings is 1. The van der Waals surface area contributed by atoms with Crippen LogP contribution in [0.25, 0.3) is 5.76 Å². The molecule has 1 aromatic carbocycles. The van der Waals surface area contributed by atoms with Crippen molar-refractivity contribution in [3.63, 3.8) is 0 Å². The second kappa shape index (κ2) is 11.5. The summed E-state index contributed by atoms with van der Waals surface area (Å²) >= 11 is 0. The molecular weight excluding hydrogens is 504 g/mol. The highest BCUT2D eigenvalue weighted by Gasteiger charge is 2.46. The molecule has 1 atom stereocenters. The molecule has 1 amide bonds. The second-order valence-electron chi connectivity index (χ2n) is 9.11. The topological polar surface area (TPSA) is 136 Å². The number of aromatic amines is 1. The first-order chi connectivity index (χ1) is 18.7. The summed E-state index contributed by atoms with van der Waals surface area (Å²) in [5.74, 6) is -1.58. The molecule has 2 N–H and O–H groups in total. The quantitative estimate of drug-likeness (QED) is 0.174. The predicted octanol–water partition coefficient (Wildman–Crippen LogP) is 3.53. The summed E-state index contributed by atoms with van der Waals surface area (Å²) in [5.41, 5.74) is 1.82. The van der Waals surface area contributed by atoms with Gasteiger partial charge < -0.3 is 33.8 Å². The number of aromatic nitrogens is 3. The Kier molecular flexibility index (Phi) is 8.08. The average Bonchev–Trinajstić information content (AvgIpc) is 3.61. The minimum atomic E-state index is -0.896. The molecule has 1 unspecified atom stereocenters. The van der Waals surface area contributed by atoms with Crippen molar-refractivity contribution in [3.05, 3.63) is 70.6 Å². The van der Waals surface area contributed by atoms with E-state index in [2.05, 4.69) is 9.97 Å². The van der Waals surface area contributed by atoms with E-state index >= 15 is 0 Å². The Morgan fingerprint density at radius 2 is 1.87 bits per heavy atom. The summed E-state index contributed by atoms with van der Waals surface area (Å²) in [6.07, 6.45) is 5.71. The molecule has 39 heavy (non-hydrogen) atoms. The van der Waals surface area contributed by atoms with Crippen LogP contribution in [0.4, 0.5) is 0 Å². The number of aliphatic hydroxyl groups is 1. The lowest BCUT2D eigenvalue weighted by molar-refractivity contribution is -0.139. The number of nitrogens with one attached hydrogen (secondary N) is 1. The number of hydrogen-bond donors (Lipinski definition) is 2. The number of aliphatic hydroxyl groups excluding tert-OH is 1. The molecule has 0 saturated carbocycles. The van der Waals surface area contributed by atoms with Gasteiger partial charge in [0.15, 0.2) is 11.5 Å². The SMILES string of the molecule is CCOC(=O)c1[nH]c(C)c(/C(O)=C2\C(=O)C(=O)N(CCCn3ccnc3)C2c2ccc(OC)c(OC)c2)c1C. The predicted molar refractivity (Wildman–Crippen MR) is 142 cm³/mol. The molecule has 1 aliphatic rings. The van der Waals surface area contributed by atoms with Crippen LogP contribution in [-0.2, 0) is 20.9 Å². The van der Waals surface area contributed by atoms with Crippen LogP contribution in [0, 0.1) is 13.8 Å². The van der Waals surface area contributed by atoms with E-state index in [9.17, 15) is 19.5 Å². The number of aryl methyl sites for hydroxylation is 2. The number of carbonyl (C=O) groups is 3. The molecule has 3 aromatic rings. The third-order valence-electron chi connectivity index (χ3n) is 6.79. The van der Waals surface area contributed by atoms with Crippen LogP contribution in [0.15, 0.2) is 42.5 Å². The van der Waals surface area contributed by atoms with Gasteiger partial charge in [0.2, 0.25) is 0 Å². The monoisotopic (exact) mass is 536 g/mol. The van der Waals surface area contributed by atoms with Gasteiger partial charge in [-0.15, -0.1) is 0 Å². The van der Waals surface area contributed by atoms with Crippen molar-refractivity contribution in [2.24, 2.45) is 0 Å². The zero-order valence-electron chi connectivity index (χ0n) is 22.6. The van der Waals surface area contributed by atoms with Crippen LogP contribution in [0.1, 0.15) is 52.3 Å². The van der Waals surface area contributed by atoms with Crippen molar-refractivity contribution >= 4 is 23.4 Å². The molecule has 206 valence electrons. The van der Waals surface area contributed by atoms with E-state index in [0.29, 0.717) is 41.3 Å². The van der Waals surface area contributed by atoms with Gasteiger partial charge in [-0.05, 0) is 50.5 Å². The van der Waals surface area contributed by atoms with E-state index in [-0.39, 0.29) is 35.7 Å². The van der Waals surface area contributed by atoms with Gasteiger partial charge in [-0.2, -0.15) is 0 Å². The number of esters is 1. The number of methoxy groups -OCH3 is 2. The maximum atomic E-state index is 13.5. The summed E-state index contributed by atoms with van der Waals surface area (Å²) < 4.78 is 17.8. The molecule has 1 fully saturated rings.